The van der Waals surface area contributed by atoms with E-state index in [1.54, 1.807) is 13.0 Å². The highest BCUT2D eigenvalue weighted by Gasteiger charge is 2.28. The van der Waals surface area contributed by atoms with Gasteiger partial charge < -0.3 is 14.2 Å². The number of hydrogen-bond donors (Lipinski definition) is 2. The second-order valence-corrected chi connectivity index (χ2v) is 10.9. The smallest absolute Gasteiger partial charge is 0.331 e. The van der Waals surface area contributed by atoms with Gasteiger partial charge in [0.1, 0.15) is 0 Å². The van der Waals surface area contributed by atoms with E-state index in [4.69, 9.17) is 9.26 Å². The van der Waals surface area contributed by atoms with Crippen LogP contribution in [-0.4, -0.2) is 39.4 Å². The first-order valence-electron chi connectivity index (χ1n) is 10.3. The maximum atomic E-state index is 12.1. The minimum absolute atomic E-state index is 0.132. The minimum atomic E-state index is -3.75. The van der Waals surface area contributed by atoms with Gasteiger partial charge >= 0.3 is 13.3 Å². The van der Waals surface area contributed by atoms with Crippen molar-refractivity contribution in [2.45, 2.75) is 73.0 Å². The molecule has 2 N–H and O–H groups in total. The van der Waals surface area contributed by atoms with Gasteiger partial charge in [-0.1, -0.05) is 39.3 Å². The molecule has 172 valence electrons. The molecule has 1 aromatic rings. The molecule has 0 saturated heterocycles. The van der Waals surface area contributed by atoms with Gasteiger partial charge in [0.2, 0.25) is 0 Å². The molecule has 30 heavy (non-hydrogen) atoms. The standard InChI is InChI=1S/C21H37N2O6P/c1-7-20(3,4)16-21(5,6)28-12-10-13-29-30(26,27)14-9-8-11-23-15-17(2)18(24)22-19(23)25/h8-9,15H,7,10-14,16H2,1-6H3,(H,26,27)(H,22,24,25). The number of ether oxygens (including phenoxy) is 1. The summed E-state index contributed by atoms with van der Waals surface area (Å²) in [5, 5.41) is 0. The quantitative estimate of drug-likeness (QED) is 0.273. The summed E-state index contributed by atoms with van der Waals surface area (Å²) in [5.41, 5.74) is -0.586. The molecule has 0 spiro atoms. The molecular formula is C21H37N2O6P. The van der Waals surface area contributed by atoms with Gasteiger partial charge in [-0.15, -0.1) is 0 Å². The Labute approximate surface area is 178 Å². The van der Waals surface area contributed by atoms with Crippen LogP contribution < -0.4 is 11.2 Å². The molecule has 1 aromatic heterocycles. The number of nitrogens with zero attached hydrogens (tertiary/aromatic N) is 1. The third kappa shape index (κ3) is 10.0. The van der Waals surface area contributed by atoms with Crippen molar-refractivity contribution in [2.75, 3.05) is 19.4 Å². The van der Waals surface area contributed by atoms with Crippen molar-refractivity contribution in [3.05, 3.63) is 44.8 Å². The molecule has 1 unspecified atom stereocenters. The lowest BCUT2D eigenvalue weighted by atomic mass is 9.80. The Morgan fingerprint density at radius 1 is 1.20 bits per heavy atom. The number of aryl methyl sites for hydroxylation is 1. The fourth-order valence-corrected chi connectivity index (χ4v) is 4.08. The van der Waals surface area contributed by atoms with Gasteiger partial charge in [-0.25, -0.2) is 4.79 Å². The summed E-state index contributed by atoms with van der Waals surface area (Å²) in [6.45, 7) is 13.1. The Balaban J connectivity index is 2.37. The van der Waals surface area contributed by atoms with Crippen LogP contribution in [0, 0.1) is 12.3 Å². The van der Waals surface area contributed by atoms with Gasteiger partial charge in [0.15, 0.2) is 0 Å². The number of nitrogens with one attached hydrogen (secondary N) is 1. The van der Waals surface area contributed by atoms with Crippen LogP contribution in [0.3, 0.4) is 0 Å². The summed E-state index contributed by atoms with van der Waals surface area (Å²) in [6.07, 6.45) is 6.91. The molecule has 1 atom stereocenters. The average molecular weight is 445 g/mol. The fraction of sp³-hybridized carbons (Fsp3) is 0.714. The first-order chi connectivity index (χ1) is 13.8. The SMILES string of the molecule is CCC(C)(C)CC(C)(C)OCCCOP(=O)(O)CC=CCn1cc(C)c(=O)[nH]c1=O. The van der Waals surface area contributed by atoms with E-state index in [0.29, 0.717) is 18.6 Å². The topological polar surface area (TPSA) is 111 Å². The Morgan fingerprint density at radius 3 is 2.50 bits per heavy atom. The number of hydrogen-bond acceptors (Lipinski definition) is 5. The van der Waals surface area contributed by atoms with E-state index in [2.05, 4.69) is 39.6 Å². The number of H-pyrrole nitrogens is 1. The Kier molecular flexibility index (Phi) is 9.95. The first-order valence-corrected chi connectivity index (χ1v) is 12.1. The second-order valence-electron chi connectivity index (χ2n) is 9.00. The highest BCUT2D eigenvalue weighted by molar-refractivity contribution is 7.53. The molecule has 0 aromatic carbocycles. The van der Waals surface area contributed by atoms with Crippen molar-refractivity contribution in [3.8, 4) is 0 Å². The minimum Gasteiger partial charge on any atom is -0.375 e. The third-order valence-corrected chi connectivity index (χ3v) is 6.19. The second kappa shape index (κ2) is 11.2. The molecule has 8 nitrogen and oxygen atoms in total. The molecular weight excluding hydrogens is 407 g/mol. The van der Waals surface area contributed by atoms with Gasteiger partial charge in [0, 0.05) is 24.9 Å². The van der Waals surface area contributed by atoms with Crippen molar-refractivity contribution in [3.63, 3.8) is 0 Å². The molecule has 9 heteroatoms. The summed E-state index contributed by atoms with van der Waals surface area (Å²) < 4.78 is 24.5. The highest BCUT2D eigenvalue weighted by atomic mass is 31.2. The normalized spacial score (nSPS) is 14.9. The first kappa shape index (κ1) is 26.6. The molecule has 0 fully saturated rings. The van der Waals surface area contributed by atoms with Gasteiger partial charge in [0.05, 0.1) is 18.4 Å². The summed E-state index contributed by atoms with van der Waals surface area (Å²) in [5.74, 6) is 0. The highest BCUT2D eigenvalue weighted by Crippen LogP contribution is 2.41. The van der Waals surface area contributed by atoms with Gasteiger partial charge in [-0.3, -0.25) is 18.9 Å². The number of rotatable bonds is 13. The van der Waals surface area contributed by atoms with Crippen molar-refractivity contribution in [1.82, 2.24) is 9.55 Å². The van der Waals surface area contributed by atoms with Gasteiger partial charge in [-0.2, -0.15) is 0 Å². The summed E-state index contributed by atoms with van der Waals surface area (Å²) >= 11 is 0. The van der Waals surface area contributed by atoms with Crippen LogP contribution in [-0.2, 0) is 20.4 Å². The van der Waals surface area contributed by atoms with Crippen LogP contribution in [0.25, 0.3) is 0 Å². The van der Waals surface area contributed by atoms with E-state index < -0.39 is 18.8 Å². The van der Waals surface area contributed by atoms with Crippen molar-refractivity contribution in [1.29, 1.82) is 0 Å². The largest absolute Gasteiger partial charge is 0.375 e. The molecule has 0 amide bonds. The lowest BCUT2D eigenvalue weighted by molar-refractivity contribution is -0.0496. The van der Waals surface area contributed by atoms with Crippen molar-refractivity contribution in [2.24, 2.45) is 5.41 Å². The molecule has 0 aliphatic rings. The van der Waals surface area contributed by atoms with E-state index in [9.17, 15) is 19.0 Å². The molecule has 1 heterocycles. The van der Waals surface area contributed by atoms with E-state index in [1.807, 2.05) is 0 Å². The number of allylic oxidation sites excluding steroid dienone is 2. The van der Waals surface area contributed by atoms with E-state index >= 15 is 0 Å². The number of aromatic nitrogens is 2. The zero-order chi connectivity index (χ0) is 23.0. The zero-order valence-corrected chi connectivity index (χ0v) is 20.0. The van der Waals surface area contributed by atoms with Crippen molar-refractivity contribution < 1.29 is 18.7 Å². The Hall–Kier alpha value is -1.47. The Bertz CT molecular complexity index is 869. The van der Waals surface area contributed by atoms with Crippen LogP contribution in [0.15, 0.2) is 27.9 Å². The van der Waals surface area contributed by atoms with Crippen molar-refractivity contribution >= 4 is 7.60 Å². The maximum Gasteiger partial charge on any atom is 0.331 e. The van der Waals surface area contributed by atoms with E-state index in [1.165, 1.54) is 16.8 Å². The lowest BCUT2D eigenvalue weighted by Gasteiger charge is -2.34. The van der Waals surface area contributed by atoms with Gasteiger partial charge in [0.25, 0.3) is 5.56 Å². The average Bonchev–Trinajstić information content (AvgIpc) is 2.61. The maximum absolute atomic E-state index is 12.1. The van der Waals surface area contributed by atoms with E-state index in [0.717, 1.165) is 12.8 Å². The molecule has 0 saturated carbocycles. The lowest BCUT2D eigenvalue weighted by Crippen LogP contribution is -2.32. The third-order valence-electron chi connectivity index (χ3n) is 4.93. The monoisotopic (exact) mass is 444 g/mol. The van der Waals surface area contributed by atoms with Crippen LogP contribution in [0.1, 0.15) is 59.4 Å². The number of aromatic amines is 1. The van der Waals surface area contributed by atoms with Crippen LogP contribution in [0.2, 0.25) is 0 Å². The molecule has 0 bridgehead atoms. The predicted octanol–water partition coefficient (Wildman–Crippen LogP) is 3.61. The van der Waals surface area contributed by atoms with E-state index in [-0.39, 0.29) is 30.3 Å². The summed E-state index contributed by atoms with van der Waals surface area (Å²) in [4.78, 5) is 35.2. The summed E-state index contributed by atoms with van der Waals surface area (Å²) in [6, 6.07) is 0. The Morgan fingerprint density at radius 2 is 1.87 bits per heavy atom. The summed E-state index contributed by atoms with van der Waals surface area (Å²) in [7, 11) is -3.75. The molecule has 0 aliphatic carbocycles. The molecule has 1 rings (SSSR count). The molecule has 0 radical (unpaired) electrons. The fourth-order valence-electron chi connectivity index (χ4n) is 3.15. The van der Waals surface area contributed by atoms with Crippen LogP contribution in [0.4, 0.5) is 0 Å². The van der Waals surface area contributed by atoms with Crippen LogP contribution in [0.5, 0.6) is 0 Å². The van der Waals surface area contributed by atoms with Gasteiger partial charge in [-0.05, 0) is 39.0 Å². The van der Waals surface area contributed by atoms with Crippen LogP contribution >= 0.6 is 7.60 Å². The molecule has 0 aliphatic heterocycles. The predicted molar refractivity (Wildman–Crippen MR) is 119 cm³/mol. The zero-order valence-electron chi connectivity index (χ0n) is 19.1.